The van der Waals surface area contributed by atoms with Crippen LogP contribution in [0, 0.1) is 12.8 Å². The predicted molar refractivity (Wildman–Crippen MR) is 109 cm³/mol. The third-order valence-corrected chi connectivity index (χ3v) is 3.63. The van der Waals surface area contributed by atoms with E-state index in [1.807, 2.05) is 13.8 Å². The smallest absolute Gasteiger partial charge is 0.422 e. The number of aryl methyl sites for hydroxylation is 1. The van der Waals surface area contributed by atoms with Crippen LogP contribution in [0.1, 0.15) is 35.3 Å². The van der Waals surface area contributed by atoms with Crippen LogP contribution in [0.3, 0.4) is 0 Å². The second-order valence-corrected chi connectivity index (χ2v) is 6.75. The van der Waals surface area contributed by atoms with E-state index in [1.165, 1.54) is 12.3 Å². The molecule has 0 radical (unpaired) electrons. The highest BCUT2D eigenvalue weighted by Gasteiger charge is 2.28. The molecule has 2 aromatic rings. The van der Waals surface area contributed by atoms with Crippen LogP contribution in [0.4, 0.5) is 19.0 Å². The molecule has 30 heavy (non-hydrogen) atoms. The minimum Gasteiger partial charge on any atom is -0.484 e. The molecule has 0 aliphatic heterocycles. The van der Waals surface area contributed by atoms with E-state index in [2.05, 4.69) is 15.6 Å². The van der Waals surface area contributed by atoms with E-state index in [0.29, 0.717) is 16.9 Å². The first kappa shape index (κ1) is 24.9. The third kappa shape index (κ3) is 9.40. The number of carbonyl (C=O) groups is 2. The molecule has 6 nitrogen and oxygen atoms in total. The highest BCUT2D eigenvalue weighted by Crippen LogP contribution is 2.22. The van der Waals surface area contributed by atoms with Crippen LogP contribution in [-0.4, -0.2) is 37.0 Å². The topological polar surface area (TPSA) is 80.3 Å². The second-order valence-electron chi connectivity index (χ2n) is 6.75. The molecule has 0 saturated heterocycles. The maximum absolute atomic E-state index is 12.2. The van der Waals surface area contributed by atoms with Gasteiger partial charge in [-0.3, -0.25) is 4.79 Å². The molecule has 0 aliphatic carbocycles. The summed E-state index contributed by atoms with van der Waals surface area (Å²) in [5.74, 6) is 0.679. The van der Waals surface area contributed by atoms with Crippen molar-refractivity contribution in [3.05, 3.63) is 53.2 Å². The van der Waals surface area contributed by atoms with Gasteiger partial charge in [0.25, 0.3) is 5.91 Å². The van der Waals surface area contributed by atoms with Crippen molar-refractivity contribution in [3.8, 4) is 5.75 Å². The average Bonchev–Trinajstić information content (AvgIpc) is 2.71. The first-order chi connectivity index (χ1) is 14.1. The monoisotopic (exact) mass is 425 g/mol. The van der Waals surface area contributed by atoms with Crippen LogP contribution in [0.15, 0.2) is 36.5 Å². The molecule has 0 atom stereocenters. The maximum atomic E-state index is 12.2. The summed E-state index contributed by atoms with van der Waals surface area (Å²) in [4.78, 5) is 25.7. The number of pyridine rings is 1. The van der Waals surface area contributed by atoms with Crippen LogP contribution in [0.25, 0.3) is 0 Å². The van der Waals surface area contributed by atoms with E-state index in [4.69, 9.17) is 4.74 Å². The number of aromatic nitrogens is 1. The zero-order chi connectivity index (χ0) is 22.7. The number of amides is 1. The lowest BCUT2D eigenvalue weighted by atomic mass is 10.1. The number of halogens is 3. The Morgan fingerprint density at radius 2 is 1.90 bits per heavy atom. The number of anilines is 1. The summed E-state index contributed by atoms with van der Waals surface area (Å²) in [6, 6.07) is 7.97. The van der Waals surface area contributed by atoms with Crippen LogP contribution in [0.5, 0.6) is 5.75 Å². The largest absolute Gasteiger partial charge is 0.484 e. The van der Waals surface area contributed by atoms with E-state index in [9.17, 15) is 22.8 Å². The molecule has 0 saturated carbocycles. The van der Waals surface area contributed by atoms with Crippen LogP contribution >= 0.6 is 0 Å². The van der Waals surface area contributed by atoms with Gasteiger partial charge in [0.2, 0.25) is 0 Å². The fourth-order valence-electron chi connectivity index (χ4n) is 2.14. The van der Waals surface area contributed by atoms with Crippen molar-refractivity contribution in [2.75, 3.05) is 19.0 Å². The Morgan fingerprint density at radius 1 is 1.23 bits per heavy atom. The van der Waals surface area contributed by atoms with Crippen LogP contribution in [-0.2, 0) is 11.3 Å². The normalized spacial score (nSPS) is 10.7. The van der Waals surface area contributed by atoms with Crippen molar-refractivity contribution in [1.82, 2.24) is 10.3 Å². The van der Waals surface area contributed by atoms with Crippen molar-refractivity contribution >= 4 is 18.0 Å². The number of nitrogens with one attached hydrogen (secondary N) is 2. The summed E-state index contributed by atoms with van der Waals surface area (Å²) in [5.41, 5.74) is 1.78. The van der Waals surface area contributed by atoms with Gasteiger partial charge in [0.05, 0.1) is 0 Å². The quantitative estimate of drug-likeness (QED) is 0.652. The molecule has 2 rings (SSSR count). The Hall–Kier alpha value is -3.10. The molecular weight excluding hydrogens is 399 g/mol. The van der Waals surface area contributed by atoms with Crippen LogP contribution in [0.2, 0.25) is 0 Å². The molecule has 1 amide bonds. The number of hydrogen-bond acceptors (Lipinski definition) is 5. The number of benzene rings is 1. The molecule has 0 spiro atoms. The lowest BCUT2D eigenvalue weighted by Gasteiger charge is -2.13. The van der Waals surface area contributed by atoms with Crippen molar-refractivity contribution < 1.29 is 27.5 Å². The maximum Gasteiger partial charge on any atom is 0.422 e. The molecule has 0 fully saturated rings. The van der Waals surface area contributed by atoms with E-state index in [1.54, 1.807) is 38.2 Å². The van der Waals surface area contributed by atoms with Crippen molar-refractivity contribution in [3.63, 3.8) is 0 Å². The molecule has 9 heteroatoms. The highest BCUT2D eigenvalue weighted by molar-refractivity contribution is 5.94. The molecule has 0 aliphatic rings. The number of ether oxygens (including phenoxy) is 1. The van der Waals surface area contributed by atoms with Gasteiger partial charge in [-0.1, -0.05) is 26.0 Å². The lowest BCUT2D eigenvalue weighted by molar-refractivity contribution is -0.153. The summed E-state index contributed by atoms with van der Waals surface area (Å²) in [6.45, 7) is 4.27. The van der Waals surface area contributed by atoms with Gasteiger partial charge < -0.3 is 20.2 Å². The van der Waals surface area contributed by atoms with Gasteiger partial charge in [-0.05, 0) is 36.2 Å². The first-order valence-corrected chi connectivity index (χ1v) is 9.22. The van der Waals surface area contributed by atoms with Gasteiger partial charge in [-0.15, -0.1) is 0 Å². The summed E-state index contributed by atoms with van der Waals surface area (Å²) in [6.07, 6.45) is -1.94. The van der Waals surface area contributed by atoms with Crippen molar-refractivity contribution in [2.24, 2.45) is 5.92 Å². The number of rotatable bonds is 7. The molecule has 0 bridgehead atoms. The number of alkyl halides is 3. The average molecular weight is 425 g/mol. The minimum atomic E-state index is -4.38. The summed E-state index contributed by atoms with van der Waals surface area (Å²) in [5, 5.41) is 5.60. The van der Waals surface area contributed by atoms with E-state index in [-0.39, 0.29) is 24.1 Å². The van der Waals surface area contributed by atoms with Gasteiger partial charge in [0.15, 0.2) is 6.61 Å². The predicted octanol–water partition coefficient (Wildman–Crippen LogP) is 4.14. The molecular formula is C21H26F3N3O3. The SMILES string of the molecule is CC(C)C=O.CNc1cc(C(=O)NCc2ccc(OCC(F)(F)F)c(C)c2)ccn1. The Kier molecular flexibility index (Phi) is 9.80. The van der Waals surface area contributed by atoms with Crippen molar-refractivity contribution in [2.45, 2.75) is 33.5 Å². The third-order valence-electron chi connectivity index (χ3n) is 3.63. The summed E-state index contributed by atoms with van der Waals surface area (Å²) in [7, 11) is 1.70. The van der Waals surface area contributed by atoms with E-state index in [0.717, 1.165) is 11.8 Å². The fraction of sp³-hybridized carbons (Fsp3) is 0.381. The summed E-state index contributed by atoms with van der Waals surface area (Å²) < 4.78 is 41.3. The Bertz CT molecular complexity index is 840. The van der Waals surface area contributed by atoms with Gasteiger partial charge >= 0.3 is 6.18 Å². The molecule has 2 N–H and O–H groups in total. The number of aldehydes is 1. The van der Waals surface area contributed by atoms with Gasteiger partial charge in [0.1, 0.15) is 17.9 Å². The molecule has 0 unspecified atom stereocenters. The number of nitrogens with zero attached hydrogens (tertiary/aromatic N) is 1. The Balaban J connectivity index is 0.000000804. The van der Waals surface area contributed by atoms with E-state index < -0.39 is 12.8 Å². The first-order valence-electron chi connectivity index (χ1n) is 9.22. The van der Waals surface area contributed by atoms with Gasteiger partial charge in [0, 0.05) is 31.3 Å². The molecule has 1 heterocycles. The number of carbonyl (C=O) groups excluding carboxylic acids is 2. The standard InChI is InChI=1S/C17H18F3N3O2.C4H8O/c1-11-7-12(3-4-14(11)25-10-17(18,19)20)9-23-16(24)13-5-6-22-15(8-13)21-2;1-4(2)3-5/h3-8H,9-10H2,1-2H3,(H,21,22)(H,23,24);3-4H,1-2H3. The molecule has 1 aromatic carbocycles. The Morgan fingerprint density at radius 3 is 2.43 bits per heavy atom. The second kappa shape index (κ2) is 11.8. The molecule has 164 valence electrons. The summed E-state index contributed by atoms with van der Waals surface area (Å²) >= 11 is 0. The van der Waals surface area contributed by atoms with Crippen LogP contribution < -0.4 is 15.4 Å². The Labute approximate surface area is 173 Å². The number of hydrogen-bond donors (Lipinski definition) is 2. The van der Waals surface area contributed by atoms with Crippen molar-refractivity contribution in [1.29, 1.82) is 0 Å². The molecule has 1 aromatic heterocycles. The minimum absolute atomic E-state index is 0.167. The lowest BCUT2D eigenvalue weighted by Crippen LogP contribution is -2.23. The highest BCUT2D eigenvalue weighted by atomic mass is 19.4. The van der Waals surface area contributed by atoms with Gasteiger partial charge in [-0.2, -0.15) is 13.2 Å². The van der Waals surface area contributed by atoms with Gasteiger partial charge in [-0.25, -0.2) is 4.98 Å². The van der Waals surface area contributed by atoms with E-state index >= 15 is 0 Å². The zero-order valence-corrected chi connectivity index (χ0v) is 17.3. The zero-order valence-electron chi connectivity index (χ0n) is 17.3. The fourth-order valence-corrected chi connectivity index (χ4v) is 2.14.